The summed E-state index contributed by atoms with van der Waals surface area (Å²) in [4.78, 5) is 38.9. The van der Waals surface area contributed by atoms with Gasteiger partial charge in [-0.15, -0.1) is 0 Å². The van der Waals surface area contributed by atoms with Crippen LogP contribution < -0.4 is 19.7 Å². The van der Waals surface area contributed by atoms with Gasteiger partial charge in [-0.3, -0.25) is 14.9 Å². The maximum atomic E-state index is 13.1. The number of urea groups is 1. The van der Waals surface area contributed by atoms with E-state index < -0.39 is 17.8 Å². The van der Waals surface area contributed by atoms with Crippen LogP contribution in [0, 0.1) is 0 Å². The Morgan fingerprint density at radius 3 is 2.39 bits per heavy atom. The standard InChI is InChI=1S/C25H19BrN2O5/c1-32-20-12-9-17(22(14-20)33-15-16-7-10-18(26)11-8-16)13-21-23(29)27-25(31)28(24(21)30)19-5-3-2-4-6-19/h2-14H,15H2,1H3,(H,27,29,31)/b21-13+. The van der Waals surface area contributed by atoms with Gasteiger partial charge >= 0.3 is 6.03 Å². The first kappa shape index (κ1) is 22.3. The zero-order valence-electron chi connectivity index (χ0n) is 17.6. The van der Waals surface area contributed by atoms with E-state index in [9.17, 15) is 14.4 Å². The zero-order valence-corrected chi connectivity index (χ0v) is 19.2. The third-order valence-corrected chi connectivity index (χ3v) is 5.47. The molecule has 0 aliphatic carbocycles. The van der Waals surface area contributed by atoms with E-state index in [0.29, 0.717) is 22.7 Å². The number of nitrogens with one attached hydrogen (secondary N) is 1. The molecular formula is C25H19BrN2O5. The van der Waals surface area contributed by atoms with E-state index in [1.165, 1.54) is 13.2 Å². The summed E-state index contributed by atoms with van der Waals surface area (Å²) in [6, 6.07) is 20.3. The molecule has 3 aromatic carbocycles. The average Bonchev–Trinajstić information content (AvgIpc) is 2.82. The number of para-hydroxylation sites is 1. The van der Waals surface area contributed by atoms with E-state index in [0.717, 1.165) is 14.9 Å². The van der Waals surface area contributed by atoms with Gasteiger partial charge in [-0.2, -0.15) is 0 Å². The molecule has 3 aromatic rings. The Labute approximate surface area is 198 Å². The average molecular weight is 507 g/mol. The van der Waals surface area contributed by atoms with E-state index in [2.05, 4.69) is 21.2 Å². The Balaban J connectivity index is 1.67. The van der Waals surface area contributed by atoms with Crippen LogP contribution in [0.4, 0.5) is 10.5 Å². The molecule has 0 spiro atoms. The van der Waals surface area contributed by atoms with Crippen molar-refractivity contribution in [1.82, 2.24) is 5.32 Å². The molecular weight excluding hydrogens is 488 g/mol. The first-order chi connectivity index (χ1) is 16.0. The molecule has 0 saturated carbocycles. The lowest BCUT2D eigenvalue weighted by Gasteiger charge is -2.26. The lowest BCUT2D eigenvalue weighted by molar-refractivity contribution is -0.122. The Hall–Kier alpha value is -3.91. The van der Waals surface area contributed by atoms with E-state index in [4.69, 9.17) is 9.47 Å². The monoisotopic (exact) mass is 506 g/mol. The number of rotatable bonds is 6. The van der Waals surface area contributed by atoms with E-state index in [-0.39, 0.29) is 12.2 Å². The smallest absolute Gasteiger partial charge is 0.335 e. The number of methoxy groups -OCH3 is 1. The van der Waals surface area contributed by atoms with Crippen molar-refractivity contribution in [2.45, 2.75) is 6.61 Å². The number of benzene rings is 3. The van der Waals surface area contributed by atoms with Gasteiger partial charge in [0.2, 0.25) is 0 Å². The highest BCUT2D eigenvalue weighted by molar-refractivity contribution is 9.10. The van der Waals surface area contributed by atoms with Crippen LogP contribution >= 0.6 is 15.9 Å². The van der Waals surface area contributed by atoms with Crippen LogP contribution in [0.3, 0.4) is 0 Å². The molecule has 33 heavy (non-hydrogen) atoms. The van der Waals surface area contributed by atoms with Gasteiger partial charge in [0.15, 0.2) is 0 Å². The van der Waals surface area contributed by atoms with Crippen molar-refractivity contribution in [1.29, 1.82) is 0 Å². The number of ether oxygens (including phenoxy) is 2. The van der Waals surface area contributed by atoms with Crippen molar-refractivity contribution in [3.05, 3.63) is 94.0 Å². The summed E-state index contributed by atoms with van der Waals surface area (Å²) in [5.74, 6) is -0.506. The molecule has 0 radical (unpaired) electrons. The topological polar surface area (TPSA) is 84.9 Å². The first-order valence-electron chi connectivity index (χ1n) is 9.98. The normalized spacial score (nSPS) is 14.9. The van der Waals surface area contributed by atoms with Crippen LogP contribution in [-0.4, -0.2) is 25.0 Å². The second-order valence-electron chi connectivity index (χ2n) is 7.11. The van der Waals surface area contributed by atoms with Crippen molar-refractivity contribution in [3.8, 4) is 11.5 Å². The number of amides is 4. The van der Waals surface area contributed by atoms with Gasteiger partial charge in [0.05, 0.1) is 12.8 Å². The SMILES string of the molecule is COc1ccc(/C=C2\C(=O)NC(=O)N(c3ccccc3)C2=O)c(OCc2ccc(Br)cc2)c1. The maximum Gasteiger partial charge on any atom is 0.335 e. The molecule has 1 N–H and O–H groups in total. The fraction of sp³-hybridized carbons (Fsp3) is 0.0800. The van der Waals surface area contributed by atoms with Gasteiger partial charge in [0.1, 0.15) is 23.7 Å². The minimum Gasteiger partial charge on any atom is -0.497 e. The molecule has 1 aliphatic heterocycles. The highest BCUT2D eigenvalue weighted by Crippen LogP contribution is 2.29. The highest BCUT2D eigenvalue weighted by atomic mass is 79.9. The highest BCUT2D eigenvalue weighted by Gasteiger charge is 2.36. The van der Waals surface area contributed by atoms with Crippen LogP contribution in [0.15, 0.2) is 82.8 Å². The summed E-state index contributed by atoms with van der Waals surface area (Å²) >= 11 is 3.40. The molecule has 1 fully saturated rings. The molecule has 1 aliphatic rings. The molecule has 4 amide bonds. The number of barbiturate groups is 1. The Kier molecular flexibility index (Phi) is 6.55. The predicted octanol–water partition coefficient (Wildman–Crippen LogP) is 4.70. The van der Waals surface area contributed by atoms with Gasteiger partial charge in [-0.05, 0) is 48.0 Å². The molecule has 8 heteroatoms. The van der Waals surface area contributed by atoms with Crippen LogP contribution in [0.25, 0.3) is 6.08 Å². The van der Waals surface area contributed by atoms with Crippen LogP contribution in [0.5, 0.6) is 11.5 Å². The third-order valence-electron chi connectivity index (χ3n) is 4.94. The summed E-state index contributed by atoms with van der Waals surface area (Å²) in [5, 5.41) is 2.22. The van der Waals surface area contributed by atoms with Crippen molar-refractivity contribution >= 4 is 45.5 Å². The van der Waals surface area contributed by atoms with Crippen molar-refractivity contribution in [3.63, 3.8) is 0 Å². The number of imide groups is 2. The summed E-state index contributed by atoms with van der Waals surface area (Å²) in [5.41, 5.74) is 1.61. The molecule has 0 bridgehead atoms. The van der Waals surface area contributed by atoms with Crippen molar-refractivity contribution in [2.75, 3.05) is 12.0 Å². The number of nitrogens with zero attached hydrogens (tertiary/aromatic N) is 1. The second kappa shape index (κ2) is 9.70. The Bertz CT molecular complexity index is 1240. The largest absolute Gasteiger partial charge is 0.497 e. The van der Waals surface area contributed by atoms with Gasteiger partial charge in [-0.25, -0.2) is 9.69 Å². The number of carbonyl (C=O) groups excluding carboxylic acids is 3. The molecule has 0 unspecified atom stereocenters. The maximum absolute atomic E-state index is 13.1. The number of hydrogen-bond acceptors (Lipinski definition) is 5. The fourth-order valence-electron chi connectivity index (χ4n) is 3.25. The second-order valence-corrected chi connectivity index (χ2v) is 8.03. The Morgan fingerprint density at radius 2 is 1.70 bits per heavy atom. The van der Waals surface area contributed by atoms with Crippen LogP contribution in [0.2, 0.25) is 0 Å². The lowest BCUT2D eigenvalue weighted by Crippen LogP contribution is -2.54. The number of carbonyl (C=O) groups is 3. The summed E-state index contributed by atoms with van der Waals surface area (Å²) in [6.45, 7) is 0.269. The van der Waals surface area contributed by atoms with Crippen LogP contribution in [-0.2, 0) is 16.2 Å². The van der Waals surface area contributed by atoms with E-state index in [1.807, 2.05) is 24.3 Å². The van der Waals surface area contributed by atoms with Gasteiger partial charge < -0.3 is 9.47 Å². The van der Waals surface area contributed by atoms with Crippen molar-refractivity contribution in [2.24, 2.45) is 0 Å². The summed E-state index contributed by atoms with van der Waals surface area (Å²) in [6.07, 6.45) is 1.41. The minimum absolute atomic E-state index is 0.183. The van der Waals surface area contributed by atoms with Gasteiger partial charge in [0, 0.05) is 16.1 Å². The quantitative estimate of drug-likeness (QED) is 0.386. The summed E-state index contributed by atoms with van der Waals surface area (Å²) in [7, 11) is 1.54. The molecule has 0 aromatic heterocycles. The predicted molar refractivity (Wildman–Crippen MR) is 127 cm³/mol. The molecule has 0 atom stereocenters. The minimum atomic E-state index is -0.796. The molecule has 4 rings (SSSR count). The molecule has 7 nitrogen and oxygen atoms in total. The van der Waals surface area contributed by atoms with Crippen LogP contribution in [0.1, 0.15) is 11.1 Å². The van der Waals surface area contributed by atoms with E-state index in [1.54, 1.807) is 48.5 Å². The number of halogens is 1. The van der Waals surface area contributed by atoms with Gasteiger partial charge in [-0.1, -0.05) is 46.3 Å². The van der Waals surface area contributed by atoms with E-state index >= 15 is 0 Å². The summed E-state index contributed by atoms with van der Waals surface area (Å²) < 4.78 is 12.2. The molecule has 1 saturated heterocycles. The molecule has 1 heterocycles. The fourth-order valence-corrected chi connectivity index (χ4v) is 3.52. The number of anilines is 1. The lowest BCUT2D eigenvalue weighted by atomic mass is 10.1. The Morgan fingerprint density at radius 1 is 0.970 bits per heavy atom. The molecule has 166 valence electrons. The third kappa shape index (κ3) is 4.96. The zero-order chi connectivity index (χ0) is 23.4. The van der Waals surface area contributed by atoms with Gasteiger partial charge in [0.25, 0.3) is 11.8 Å². The number of hydrogen-bond donors (Lipinski definition) is 1. The van der Waals surface area contributed by atoms with Crippen molar-refractivity contribution < 1.29 is 23.9 Å². The first-order valence-corrected chi connectivity index (χ1v) is 10.8.